The van der Waals surface area contributed by atoms with Crippen molar-refractivity contribution in [3.05, 3.63) is 35.4 Å². The van der Waals surface area contributed by atoms with Crippen LogP contribution in [0.5, 0.6) is 0 Å². The molecule has 0 radical (unpaired) electrons. The van der Waals surface area contributed by atoms with Gasteiger partial charge in [0.25, 0.3) is 0 Å². The predicted molar refractivity (Wildman–Crippen MR) is 68.2 cm³/mol. The van der Waals surface area contributed by atoms with E-state index in [-0.39, 0.29) is 0 Å². The molecule has 2 nitrogen and oxygen atoms in total. The molecule has 2 rings (SSSR count). The van der Waals surface area contributed by atoms with Crippen molar-refractivity contribution in [1.82, 2.24) is 4.90 Å². The molecular formula is C14H22N2. The zero-order valence-corrected chi connectivity index (χ0v) is 10.3. The van der Waals surface area contributed by atoms with Crippen molar-refractivity contribution in [3.63, 3.8) is 0 Å². The van der Waals surface area contributed by atoms with Crippen molar-refractivity contribution in [2.75, 3.05) is 13.6 Å². The number of nitrogens with two attached hydrogens (primary N) is 1. The van der Waals surface area contributed by atoms with E-state index in [1.54, 1.807) is 0 Å². The SMILES string of the molecule is Cc1cccc(CN(C)CC(N)C2CC2)c1. The van der Waals surface area contributed by atoms with Gasteiger partial charge in [0.2, 0.25) is 0 Å². The van der Waals surface area contributed by atoms with Crippen molar-refractivity contribution >= 4 is 0 Å². The molecule has 2 N–H and O–H groups in total. The van der Waals surface area contributed by atoms with Crippen LogP contribution in [-0.4, -0.2) is 24.5 Å². The van der Waals surface area contributed by atoms with E-state index in [0.717, 1.165) is 19.0 Å². The molecule has 1 atom stereocenters. The summed E-state index contributed by atoms with van der Waals surface area (Å²) < 4.78 is 0. The quantitative estimate of drug-likeness (QED) is 0.820. The van der Waals surface area contributed by atoms with E-state index in [0.29, 0.717) is 6.04 Å². The fourth-order valence-electron chi connectivity index (χ4n) is 2.22. The summed E-state index contributed by atoms with van der Waals surface area (Å²) in [5.41, 5.74) is 8.83. The van der Waals surface area contributed by atoms with Crippen LogP contribution in [0.3, 0.4) is 0 Å². The van der Waals surface area contributed by atoms with Crippen molar-refractivity contribution < 1.29 is 0 Å². The van der Waals surface area contributed by atoms with E-state index in [2.05, 4.69) is 43.1 Å². The average molecular weight is 218 g/mol. The van der Waals surface area contributed by atoms with Gasteiger partial charge in [-0.15, -0.1) is 0 Å². The van der Waals surface area contributed by atoms with Gasteiger partial charge >= 0.3 is 0 Å². The van der Waals surface area contributed by atoms with Gasteiger partial charge in [0.05, 0.1) is 0 Å². The van der Waals surface area contributed by atoms with Crippen molar-refractivity contribution in [1.29, 1.82) is 0 Å². The summed E-state index contributed by atoms with van der Waals surface area (Å²) in [7, 11) is 2.16. The lowest BCUT2D eigenvalue weighted by atomic mass is 10.1. The molecule has 1 aliphatic rings. The Kier molecular flexibility index (Phi) is 3.62. The van der Waals surface area contributed by atoms with E-state index in [9.17, 15) is 0 Å². The van der Waals surface area contributed by atoms with Gasteiger partial charge in [-0.3, -0.25) is 0 Å². The van der Waals surface area contributed by atoms with Crippen molar-refractivity contribution in [2.24, 2.45) is 11.7 Å². The van der Waals surface area contributed by atoms with Crippen LogP contribution >= 0.6 is 0 Å². The minimum atomic E-state index is 0.370. The van der Waals surface area contributed by atoms with Crippen molar-refractivity contribution in [3.8, 4) is 0 Å². The fraction of sp³-hybridized carbons (Fsp3) is 0.571. The maximum atomic E-state index is 6.12. The largest absolute Gasteiger partial charge is 0.326 e. The number of hydrogen-bond acceptors (Lipinski definition) is 2. The summed E-state index contributed by atoms with van der Waals surface area (Å²) in [6.45, 7) is 4.15. The first-order valence-electron chi connectivity index (χ1n) is 6.15. The Morgan fingerprint density at radius 1 is 1.44 bits per heavy atom. The number of aryl methyl sites for hydroxylation is 1. The molecule has 16 heavy (non-hydrogen) atoms. The standard InChI is InChI=1S/C14H22N2/c1-11-4-3-5-12(8-11)9-16(2)10-14(15)13-6-7-13/h3-5,8,13-14H,6-7,9-10,15H2,1-2H3. The highest BCUT2D eigenvalue weighted by molar-refractivity contribution is 5.22. The Bertz CT molecular complexity index is 344. The highest BCUT2D eigenvalue weighted by atomic mass is 15.1. The molecule has 0 amide bonds. The topological polar surface area (TPSA) is 29.3 Å². The minimum absolute atomic E-state index is 0.370. The Morgan fingerprint density at radius 2 is 2.19 bits per heavy atom. The number of rotatable bonds is 5. The smallest absolute Gasteiger partial charge is 0.0231 e. The van der Waals surface area contributed by atoms with Gasteiger partial charge in [-0.05, 0) is 38.3 Å². The Hall–Kier alpha value is -0.860. The molecule has 0 heterocycles. The second kappa shape index (κ2) is 4.98. The lowest BCUT2D eigenvalue weighted by Crippen LogP contribution is -2.36. The van der Waals surface area contributed by atoms with Crippen LogP contribution in [0.15, 0.2) is 24.3 Å². The summed E-state index contributed by atoms with van der Waals surface area (Å²) in [5.74, 6) is 0.792. The average Bonchev–Trinajstić information content (AvgIpc) is 2.99. The second-order valence-electron chi connectivity index (χ2n) is 5.19. The third-order valence-electron chi connectivity index (χ3n) is 3.28. The molecule has 88 valence electrons. The molecule has 0 aromatic heterocycles. The zero-order valence-electron chi connectivity index (χ0n) is 10.3. The van der Waals surface area contributed by atoms with E-state index in [1.807, 2.05) is 0 Å². The molecule has 1 fully saturated rings. The summed E-state index contributed by atoms with van der Waals surface area (Å²) in [5, 5.41) is 0. The molecule has 1 aromatic rings. The highest BCUT2D eigenvalue weighted by Crippen LogP contribution is 2.31. The number of nitrogens with zero attached hydrogens (tertiary/aromatic N) is 1. The molecule has 2 heteroatoms. The van der Waals surface area contributed by atoms with Crippen LogP contribution in [0.25, 0.3) is 0 Å². The number of hydrogen-bond donors (Lipinski definition) is 1. The Balaban J connectivity index is 1.83. The molecule has 1 unspecified atom stereocenters. The first-order valence-corrected chi connectivity index (χ1v) is 6.15. The summed E-state index contributed by atoms with van der Waals surface area (Å²) >= 11 is 0. The summed E-state index contributed by atoms with van der Waals surface area (Å²) in [4.78, 5) is 2.33. The normalized spacial score (nSPS) is 17.8. The third kappa shape index (κ3) is 3.32. The molecule has 1 aliphatic carbocycles. The Labute approximate surface area is 98.4 Å². The van der Waals surface area contributed by atoms with Gasteiger partial charge < -0.3 is 10.6 Å². The molecule has 0 saturated heterocycles. The van der Waals surface area contributed by atoms with Gasteiger partial charge in [-0.1, -0.05) is 29.8 Å². The van der Waals surface area contributed by atoms with Crippen LogP contribution in [0.2, 0.25) is 0 Å². The maximum Gasteiger partial charge on any atom is 0.0231 e. The van der Waals surface area contributed by atoms with E-state index in [1.165, 1.54) is 24.0 Å². The molecule has 0 bridgehead atoms. The lowest BCUT2D eigenvalue weighted by molar-refractivity contribution is 0.292. The molecule has 1 saturated carbocycles. The second-order valence-corrected chi connectivity index (χ2v) is 5.19. The first-order chi connectivity index (χ1) is 7.65. The van der Waals surface area contributed by atoms with E-state index < -0.39 is 0 Å². The van der Waals surface area contributed by atoms with Crippen LogP contribution in [0, 0.1) is 12.8 Å². The first kappa shape index (κ1) is 11.6. The van der Waals surface area contributed by atoms with Gasteiger partial charge in [0, 0.05) is 19.1 Å². The Morgan fingerprint density at radius 3 is 2.81 bits per heavy atom. The highest BCUT2D eigenvalue weighted by Gasteiger charge is 2.28. The number of benzene rings is 1. The summed E-state index contributed by atoms with van der Waals surface area (Å²) in [6, 6.07) is 9.07. The van der Waals surface area contributed by atoms with Gasteiger partial charge in [-0.25, -0.2) is 0 Å². The van der Waals surface area contributed by atoms with Gasteiger partial charge in [0.15, 0.2) is 0 Å². The van der Waals surface area contributed by atoms with E-state index >= 15 is 0 Å². The predicted octanol–water partition coefficient (Wildman–Crippen LogP) is 2.16. The fourth-order valence-corrected chi connectivity index (χ4v) is 2.22. The van der Waals surface area contributed by atoms with Crippen molar-refractivity contribution in [2.45, 2.75) is 32.4 Å². The van der Waals surface area contributed by atoms with Crippen LogP contribution in [-0.2, 0) is 6.54 Å². The van der Waals surface area contributed by atoms with Gasteiger partial charge in [0.1, 0.15) is 0 Å². The summed E-state index contributed by atoms with van der Waals surface area (Å²) in [6.07, 6.45) is 2.67. The lowest BCUT2D eigenvalue weighted by Gasteiger charge is -2.21. The van der Waals surface area contributed by atoms with Crippen LogP contribution in [0.1, 0.15) is 24.0 Å². The molecule has 1 aromatic carbocycles. The van der Waals surface area contributed by atoms with Crippen LogP contribution < -0.4 is 5.73 Å². The molecule has 0 aliphatic heterocycles. The third-order valence-corrected chi connectivity index (χ3v) is 3.28. The van der Waals surface area contributed by atoms with Gasteiger partial charge in [-0.2, -0.15) is 0 Å². The minimum Gasteiger partial charge on any atom is -0.326 e. The van der Waals surface area contributed by atoms with Crippen LogP contribution in [0.4, 0.5) is 0 Å². The number of likely N-dealkylation sites (N-methyl/N-ethyl adjacent to an activating group) is 1. The maximum absolute atomic E-state index is 6.12. The van der Waals surface area contributed by atoms with E-state index in [4.69, 9.17) is 5.73 Å². The molecular weight excluding hydrogens is 196 g/mol. The molecule has 0 spiro atoms. The zero-order chi connectivity index (χ0) is 11.5. The monoisotopic (exact) mass is 218 g/mol.